The van der Waals surface area contributed by atoms with Gasteiger partial charge in [0.1, 0.15) is 12.1 Å². The largest absolute Gasteiger partial charge is 0.480 e. The minimum absolute atomic E-state index is 0.408. The molecule has 0 fully saturated rings. The smallest absolute Gasteiger partial charge is 0.323 e. The normalized spacial score (nSPS) is 14.8. The minimum Gasteiger partial charge on any atom is -0.480 e. The first-order valence-electron chi connectivity index (χ1n) is 4.11. The monoisotopic (exact) mass is 196 g/mol. The second-order valence-corrected chi connectivity index (χ2v) is 3.04. The Labute approximate surface area is 81.2 Å². The summed E-state index contributed by atoms with van der Waals surface area (Å²) in [4.78, 5) is 14.4. The molecule has 5 nitrogen and oxygen atoms in total. The topological polar surface area (TPSA) is 96.4 Å². The molecular formula is C9H12N2O3. The molecule has 2 atom stereocenters. The van der Waals surface area contributed by atoms with E-state index in [0.29, 0.717) is 5.56 Å². The van der Waals surface area contributed by atoms with Gasteiger partial charge >= 0.3 is 5.97 Å². The summed E-state index contributed by atoms with van der Waals surface area (Å²) in [6.45, 7) is 1.80. The van der Waals surface area contributed by atoms with Gasteiger partial charge in [-0.05, 0) is 13.0 Å². The average Bonchev–Trinajstić information content (AvgIpc) is 2.16. The van der Waals surface area contributed by atoms with Crippen molar-refractivity contribution in [3.05, 3.63) is 29.6 Å². The molecule has 2 unspecified atom stereocenters. The van der Waals surface area contributed by atoms with Crippen molar-refractivity contribution in [3.63, 3.8) is 0 Å². The molecule has 14 heavy (non-hydrogen) atoms. The fourth-order valence-electron chi connectivity index (χ4n) is 0.997. The fourth-order valence-corrected chi connectivity index (χ4v) is 0.997. The molecule has 1 aromatic rings. The molecular weight excluding hydrogens is 184 g/mol. The van der Waals surface area contributed by atoms with Crippen LogP contribution in [-0.4, -0.2) is 27.2 Å². The number of aliphatic carboxylic acids is 1. The minimum atomic E-state index is -1.32. The Kier molecular flexibility index (Phi) is 3.16. The molecule has 5 heteroatoms. The van der Waals surface area contributed by atoms with E-state index in [1.807, 2.05) is 0 Å². The second kappa shape index (κ2) is 4.17. The van der Waals surface area contributed by atoms with E-state index in [4.69, 9.17) is 10.8 Å². The Morgan fingerprint density at radius 3 is 2.64 bits per heavy atom. The van der Waals surface area contributed by atoms with Crippen molar-refractivity contribution < 1.29 is 15.0 Å². The number of carboxylic acids is 1. The van der Waals surface area contributed by atoms with Gasteiger partial charge in [-0.1, -0.05) is 6.07 Å². The van der Waals surface area contributed by atoms with Crippen molar-refractivity contribution in [2.24, 2.45) is 5.73 Å². The van der Waals surface area contributed by atoms with Crippen LogP contribution in [-0.2, 0) is 4.79 Å². The number of carbonyl (C=O) groups is 1. The second-order valence-electron chi connectivity index (χ2n) is 3.04. The molecule has 0 saturated carbocycles. The molecule has 0 amide bonds. The number of nitrogens with zero attached hydrogens (tertiary/aromatic N) is 1. The van der Waals surface area contributed by atoms with Gasteiger partial charge in [0.2, 0.25) is 0 Å². The maximum absolute atomic E-state index is 10.5. The first-order chi connectivity index (χ1) is 6.52. The highest BCUT2D eigenvalue weighted by molar-refractivity contribution is 5.74. The molecule has 0 radical (unpaired) electrons. The summed E-state index contributed by atoms with van der Waals surface area (Å²) in [5.41, 5.74) is 6.46. The van der Waals surface area contributed by atoms with Gasteiger partial charge < -0.3 is 15.9 Å². The van der Waals surface area contributed by atoms with Gasteiger partial charge in [0.25, 0.3) is 0 Å². The Morgan fingerprint density at radius 2 is 2.21 bits per heavy atom. The number of aryl methyl sites for hydroxylation is 1. The zero-order valence-corrected chi connectivity index (χ0v) is 7.71. The summed E-state index contributed by atoms with van der Waals surface area (Å²) < 4.78 is 0. The van der Waals surface area contributed by atoms with Gasteiger partial charge in [-0.3, -0.25) is 9.78 Å². The Bertz CT molecular complexity index is 323. The van der Waals surface area contributed by atoms with Crippen LogP contribution in [0.1, 0.15) is 17.4 Å². The van der Waals surface area contributed by atoms with Crippen molar-refractivity contribution >= 4 is 5.97 Å². The number of carboxylic acid groups (broad SMARTS) is 1. The molecule has 0 aliphatic rings. The van der Waals surface area contributed by atoms with E-state index in [-0.39, 0.29) is 0 Å². The van der Waals surface area contributed by atoms with Crippen molar-refractivity contribution in [2.75, 3.05) is 0 Å². The van der Waals surface area contributed by atoms with E-state index in [2.05, 4.69) is 4.98 Å². The standard InChI is InChI=1S/C9H12N2O3/c1-5-2-3-6(4-11-5)8(12)7(10)9(13)14/h2-4,7-8,12H,10H2,1H3,(H,13,14). The third-order valence-electron chi connectivity index (χ3n) is 1.90. The summed E-state index contributed by atoms with van der Waals surface area (Å²) in [6.07, 6.45) is 0.198. The van der Waals surface area contributed by atoms with Gasteiger partial charge in [-0.2, -0.15) is 0 Å². The number of nitrogens with two attached hydrogens (primary N) is 1. The fraction of sp³-hybridized carbons (Fsp3) is 0.333. The summed E-state index contributed by atoms with van der Waals surface area (Å²) in [5, 5.41) is 18.1. The number of pyridine rings is 1. The molecule has 76 valence electrons. The van der Waals surface area contributed by atoms with Gasteiger partial charge in [0.15, 0.2) is 0 Å². The van der Waals surface area contributed by atoms with E-state index >= 15 is 0 Å². The van der Waals surface area contributed by atoms with E-state index < -0.39 is 18.1 Å². The number of hydrogen-bond acceptors (Lipinski definition) is 4. The first kappa shape index (κ1) is 10.6. The van der Waals surface area contributed by atoms with Crippen LogP contribution in [0.3, 0.4) is 0 Å². The molecule has 0 spiro atoms. The number of rotatable bonds is 3. The number of aliphatic hydroxyl groups is 1. The number of hydrogen-bond donors (Lipinski definition) is 3. The number of aromatic nitrogens is 1. The third kappa shape index (κ3) is 2.27. The van der Waals surface area contributed by atoms with Crippen molar-refractivity contribution in [3.8, 4) is 0 Å². The Balaban J connectivity index is 2.84. The maximum atomic E-state index is 10.5. The Morgan fingerprint density at radius 1 is 1.57 bits per heavy atom. The highest BCUT2D eigenvalue weighted by Crippen LogP contribution is 2.14. The highest BCUT2D eigenvalue weighted by atomic mass is 16.4. The Hall–Kier alpha value is -1.46. The van der Waals surface area contributed by atoms with Crippen molar-refractivity contribution in [1.82, 2.24) is 4.98 Å². The quantitative estimate of drug-likeness (QED) is 0.624. The lowest BCUT2D eigenvalue weighted by Crippen LogP contribution is -2.36. The van der Waals surface area contributed by atoms with Crippen LogP contribution < -0.4 is 5.73 Å². The van der Waals surface area contributed by atoms with Crippen LogP contribution in [0.4, 0.5) is 0 Å². The molecule has 1 rings (SSSR count). The summed E-state index contributed by atoms with van der Waals surface area (Å²) >= 11 is 0. The lowest BCUT2D eigenvalue weighted by Gasteiger charge is -2.14. The predicted octanol–water partition coefficient (Wildman–Crippen LogP) is -0.165. The molecule has 0 aliphatic heterocycles. The van der Waals surface area contributed by atoms with Crippen LogP contribution in [0.25, 0.3) is 0 Å². The van der Waals surface area contributed by atoms with Crippen LogP contribution >= 0.6 is 0 Å². The molecule has 1 aromatic heterocycles. The maximum Gasteiger partial charge on any atom is 0.323 e. The van der Waals surface area contributed by atoms with Gasteiger partial charge in [-0.25, -0.2) is 0 Å². The van der Waals surface area contributed by atoms with Crippen LogP contribution in [0.15, 0.2) is 18.3 Å². The molecule has 1 heterocycles. The lowest BCUT2D eigenvalue weighted by atomic mass is 10.1. The van der Waals surface area contributed by atoms with E-state index in [1.54, 1.807) is 19.1 Å². The van der Waals surface area contributed by atoms with Gasteiger partial charge in [-0.15, -0.1) is 0 Å². The van der Waals surface area contributed by atoms with Gasteiger partial charge in [0.05, 0.1) is 0 Å². The molecule has 0 aromatic carbocycles. The van der Waals surface area contributed by atoms with Crippen molar-refractivity contribution in [2.45, 2.75) is 19.1 Å². The zero-order chi connectivity index (χ0) is 10.7. The summed E-state index contributed by atoms with van der Waals surface area (Å²) in [5.74, 6) is -1.24. The van der Waals surface area contributed by atoms with Crippen LogP contribution in [0.5, 0.6) is 0 Å². The molecule has 0 saturated heterocycles. The zero-order valence-electron chi connectivity index (χ0n) is 7.71. The lowest BCUT2D eigenvalue weighted by molar-refractivity contribution is -0.141. The summed E-state index contributed by atoms with van der Waals surface area (Å²) in [7, 11) is 0. The summed E-state index contributed by atoms with van der Waals surface area (Å²) in [6, 6.07) is 1.97. The van der Waals surface area contributed by atoms with Crippen LogP contribution in [0, 0.1) is 6.92 Å². The van der Waals surface area contributed by atoms with Crippen LogP contribution in [0.2, 0.25) is 0 Å². The predicted molar refractivity (Wildman–Crippen MR) is 49.5 cm³/mol. The first-order valence-corrected chi connectivity index (χ1v) is 4.11. The highest BCUT2D eigenvalue weighted by Gasteiger charge is 2.23. The van der Waals surface area contributed by atoms with Crippen molar-refractivity contribution in [1.29, 1.82) is 0 Å². The number of aliphatic hydroxyl groups excluding tert-OH is 1. The van der Waals surface area contributed by atoms with E-state index in [1.165, 1.54) is 6.20 Å². The van der Waals surface area contributed by atoms with Gasteiger partial charge in [0, 0.05) is 17.5 Å². The third-order valence-corrected chi connectivity index (χ3v) is 1.90. The molecule has 4 N–H and O–H groups in total. The SMILES string of the molecule is Cc1ccc(C(O)C(N)C(=O)O)cn1. The van der Waals surface area contributed by atoms with E-state index in [9.17, 15) is 9.90 Å². The average molecular weight is 196 g/mol. The molecule has 0 bridgehead atoms. The molecule has 0 aliphatic carbocycles. The van der Waals surface area contributed by atoms with E-state index in [0.717, 1.165) is 5.69 Å².